The van der Waals surface area contributed by atoms with Gasteiger partial charge in [-0.3, -0.25) is 4.79 Å². The van der Waals surface area contributed by atoms with E-state index in [-0.39, 0.29) is 17.0 Å². The molecule has 0 spiro atoms. The average molecular weight is 347 g/mol. The van der Waals surface area contributed by atoms with E-state index >= 15 is 0 Å². The fraction of sp³-hybridized carbons (Fsp3) is 0.235. The van der Waals surface area contributed by atoms with Crippen LogP contribution in [0, 0.1) is 0 Å². The van der Waals surface area contributed by atoms with E-state index in [2.05, 4.69) is 14.8 Å². The second-order valence-electron chi connectivity index (χ2n) is 4.96. The molecule has 0 atom stereocenters. The highest BCUT2D eigenvalue weighted by Gasteiger charge is 2.15. The Morgan fingerprint density at radius 1 is 1.04 bits per heavy atom. The van der Waals surface area contributed by atoms with Gasteiger partial charge in [0.15, 0.2) is 0 Å². The summed E-state index contributed by atoms with van der Waals surface area (Å²) in [5.74, 6) is -1.41. The van der Waals surface area contributed by atoms with Crippen molar-refractivity contribution in [3.63, 3.8) is 0 Å². The summed E-state index contributed by atoms with van der Waals surface area (Å²) < 4.78 is 9.32. The Labute approximate surface area is 143 Å². The molecule has 1 aromatic carbocycles. The molecule has 0 fully saturated rings. The van der Waals surface area contributed by atoms with Gasteiger partial charge >= 0.3 is 11.9 Å². The Balaban J connectivity index is 2.13. The van der Waals surface area contributed by atoms with Crippen LogP contribution in [0.25, 0.3) is 0 Å². The monoisotopic (exact) mass is 347 g/mol. The van der Waals surface area contributed by atoms with Gasteiger partial charge < -0.3 is 14.8 Å². The third-order valence-corrected chi connectivity index (χ3v) is 4.01. The third kappa shape index (κ3) is 4.66. The van der Waals surface area contributed by atoms with Crippen molar-refractivity contribution in [3.8, 4) is 0 Å². The minimum atomic E-state index is -0.602. The van der Waals surface area contributed by atoms with Crippen molar-refractivity contribution in [2.45, 2.75) is 12.8 Å². The van der Waals surface area contributed by atoms with E-state index in [0.717, 1.165) is 5.56 Å². The highest BCUT2D eigenvalue weighted by atomic mass is 32.1. The van der Waals surface area contributed by atoms with E-state index in [4.69, 9.17) is 0 Å². The van der Waals surface area contributed by atoms with Crippen molar-refractivity contribution in [1.82, 2.24) is 0 Å². The number of methoxy groups -OCH3 is 2. The molecule has 0 aliphatic heterocycles. The molecule has 2 rings (SSSR count). The Morgan fingerprint density at radius 2 is 1.67 bits per heavy atom. The Bertz CT molecular complexity index is 705. The van der Waals surface area contributed by atoms with Crippen LogP contribution >= 0.6 is 11.3 Å². The van der Waals surface area contributed by atoms with Crippen LogP contribution in [0.4, 0.5) is 5.69 Å². The number of carbonyl (C=O) groups is 3. The molecular weight excluding hydrogens is 330 g/mol. The Kier molecular flexibility index (Phi) is 6.08. The molecule has 0 bridgehead atoms. The molecule has 7 heteroatoms. The number of anilines is 1. The van der Waals surface area contributed by atoms with Crippen molar-refractivity contribution < 1.29 is 23.9 Å². The summed E-state index contributed by atoms with van der Waals surface area (Å²) in [5, 5.41) is 6.63. The maximum absolute atomic E-state index is 12.1. The minimum absolute atomic E-state index is 0.161. The lowest BCUT2D eigenvalue weighted by Crippen LogP contribution is -2.14. The maximum Gasteiger partial charge on any atom is 0.337 e. The number of carbonyl (C=O) groups excluding carboxylic acids is 3. The molecule has 126 valence electrons. The van der Waals surface area contributed by atoms with Crippen LogP contribution in [-0.2, 0) is 20.7 Å². The molecule has 0 unspecified atom stereocenters. The molecule has 24 heavy (non-hydrogen) atoms. The van der Waals surface area contributed by atoms with E-state index < -0.39 is 11.9 Å². The highest BCUT2D eigenvalue weighted by molar-refractivity contribution is 7.07. The maximum atomic E-state index is 12.1. The first-order chi connectivity index (χ1) is 11.5. The molecular formula is C17H17NO5S. The number of hydrogen-bond donors (Lipinski definition) is 1. The lowest BCUT2D eigenvalue weighted by molar-refractivity contribution is -0.116. The van der Waals surface area contributed by atoms with Crippen LogP contribution in [0.3, 0.4) is 0 Å². The third-order valence-electron chi connectivity index (χ3n) is 3.28. The van der Waals surface area contributed by atoms with Gasteiger partial charge in [0.05, 0.1) is 25.3 Å². The van der Waals surface area contributed by atoms with Crippen molar-refractivity contribution in [2.24, 2.45) is 0 Å². The molecule has 1 aromatic heterocycles. The number of ether oxygens (including phenoxy) is 2. The number of nitrogens with one attached hydrogen (secondary N) is 1. The summed E-state index contributed by atoms with van der Waals surface area (Å²) in [6, 6.07) is 6.24. The summed E-state index contributed by atoms with van der Waals surface area (Å²) in [6.45, 7) is 0. The first kappa shape index (κ1) is 17.7. The topological polar surface area (TPSA) is 81.7 Å². The van der Waals surface area contributed by atoms with E-state index in [1.807, 2.05) is 16.8 Å². The van der Waals surface area contributed by atoms with E-state index in [1.54, 1.807) is 11.3 Å². The summed E-state index contributed by atoms with van der Waals surface area (Å²) in [4.78, 5) is 35.5. The first-order valence-corrected chi connectivity index (χ1v) is 8.10. The van der Waals surface area contributed by atoms with Gasteiger partial charge in [0.2, 0.25) is 5.91 Å². The van der Waals surface area contributed by atoms with Crippen LogP contribution in [-0.4, -0.2) is 32.1 Å². The normalized spacial score (nSPS) is 10.1. The zero-order valence-corrected chi connectivity index (χ0v) is 14.1. The zero-order chi connectivity index (χ0) is 17.5. The molecule has 0 aliphatic carbocycles. The highest BCUT2D eigenvalue weighted by Crippen LogP contribution is 2.18. The van der Waals surface area contributed by atoms with Gasteiger partial charge in [0, 0.05) is 12.1 Å². The van der Waals surface area contributed by atoms with Gasteiger partial charge in [-0.2, -0.15) is 11.3 Å². The number of hydrogen-bond acceptors (Lipinski definition) is 6. The summed E-state index contributed by atoms with van der Waals surface area (Å²) >= 11 is 1.58. The predicted molar refractivity (Wildman–Crippen MR) is 90.4 cm³/mol. The van der Waals surface area contributed by atoms with Gasteiger partial charge in [-0.05, 0) is 47.0 Å². The fourth-order valence-corrected chi connectivity index (χ4v) is 2.79. The van der Waals surface area contributed by atoms with E-state index in [9.17, 15) is 14.4 Å². The lowest BCUT2D eigenvalue weighted by Gasteiger charge is -2.09. The quantitative estimate of drug-likeness (QED) is 0.813. The smallest absolute Gasteiger partial charge is 0.337 e. The lowest BCUT2D eigenvalue weighted by atomic mass is 10.1. The fourth-order valence-electron chi connectivity index (χ4n) is 2.09. The van der Waals surface area contributed by atoms with Crippen LogP contribution in [0.2, 0.25) is 0 Å². The second kappa shape index (κ2) is 8.26. The number of thiophene rings is 1. The second-order valence-corrected chi connectivity index (χ2v) is 5.74. The molecule has 0 saturated carbocycles. The predicted octanol–water partition coefficient (Wildman–Crippen LogP) is 2.89. The molecule has 2 aromatic rings. The van der Waals surface area contributed by atoms with Crippen molar-refractivity contribution >= 4 is 34.9 Å². The molecule has 0 radical (unpaired) electrons. The minimum Gasteiger partial charge on any atom is -0.465 e. The van der Waals surface area contributed by atoms with Gasteiger partial charge in [-0.15, -0.1) is 0 Å². The first-order valence-electron chi connectivity index (χ1n) is 7.16. The molecule has 6 nitrogen and oxygen atoms in total. The number of esters is 2. The van der Waals surface area contributed by atoms with Crippen molar-refractivity contribution in [3.05, 3.63) is 51.7 Å². The SMILES string of the molecule is COC(=O)c1cc(NC(=O)CCc2ccsc2)cc(C(=O)OC)c1. The standard InChI is InChI=1S/C17H17NO5S/c1-22-16(20)12-7-13(17(21)23-2)9-14(8-12)18-15(19)4-3-11-5-6-24-10-11/h5-10H,3-4H2,1-2H3,(H,18,19). The van der Waals surface area contributed by atoms with Crippen LogP contribution < -0.4 is 5.32 Å². The molecule has 1 heterocycles. The largest absolute Gasteiger partial charge is 0.465 e. The number of benzene rings is 1. The van der Waals surface area contributed by atoms with Gasteiger partial charge in [0.25, 0.3) is 0 Å². The summed E-state index contributed by atoms with van der Waals surface area (Å²) in [7, 11) is 2.48. The average Bonchev–Trinajstić information content (AvgIpc) is 3.11. The molecule has 1 N–H and O–H groups in total. The number of amides is 1. The van der Waals surface area contributed by atoms with Crippen molar-refractivity contribution in [2.75, 3.05) is 19.5 Å². The number of aryl methyl sites for hydroxylation is 1. The van der Waals surface area contributed by atoms with Crippen molar-refractivity contribution in [1.29, 1.82) is 0 Å². The summed E-state index contributed by atoms with van der Waals surface area (Å²) in [5.41, 5.74) is 1.75. The van der Waals surface area contributed by atoms with E-state index in [1.165, 1.54) is 32.4 Å². The van der Waals surface area contributed by atoms with Gasteiger partial charge in [0.1, 0.15) is 0 Å². The van der Waals surface area contributed by atoms with Gasteiger partial charge in [-0.25, -0.2) is 9.59 Å². The molecule has 1 amide bonds. The van der Waals surface area contributed by atoms with Crippen LogP contribution in [0.1, 0.15) is 32.7 Å². The zero-order valence-electron chi connectivity index (χ0n) is 13.3. The van der Waals surface area contributed by atoms with Crippen LogP contribution in [0.5, 0.6) is 0 Å². The Hall–Kier alpha value is -2.67. The number of rotatable bonds is 6. The Morgan fingerprint density at radius 3 is 2.17 bits per heavy atom. The van der Waals surface area contributed by atoms with E-state index in [0.29, 0.717) is 18.5 Å². The van der Waals surface area contributed by atoms with Crippen LogP contribution in [0.15, 0.2) is 35.0 Å². The summed E-state index contributed by atoms with van der Waals surface area (Å²) in [6.07, 6.45) is 0.919. The molecule has 0 aliphatic rings. The van der Waals surface area contributed by atoms with Gasteiger partial charge in [-0.1, -0.05) is 0 Å². The molecule has 0 saturated heterocycles.